The number of aromatic carboxylic acids is 1. The Morgan fingerprint density at radius 2 is 2.25 bits per heavy atom. The molecule has 16 heavy (non-hydrogen) atoms. The van der Waals surface area contributed by atoms with Crippen LogP contribution in [0, 0.1) is 0 Å². The first kappa shape index (κ1) is 12.6. The summed E-state index contributed by atoms with van der Waals surface area (Å²) in [4.78, 5) is 16.7. The van der Waals surface area contributed by atoms with Crippen molar-refractivity contribution in [1.82, 2.24) is 9.88 Å². The molecule has 0 aliphatic rings. The van der Waals surface area contributed by atoms with Gasteiger partial charge in [-0.05, 0) is 18.7 Å². The zero-order valence-corrected chi connectivity index (χ0v) is 9.26. The Hall–Kier alpha value is -1.46. The third-order valence-electron chi connectivity index (χ3n) is 2.27. The van der Waals surface area contributed by atoms with Gasteiger partial charge in [0.1, 0.15) is 5.69 Å². The highest BCUT2D eigenvalue weighted by atomic mass is 16.4. The zero-order valence-electron chi connectivity index (χ0n) is 9.26. The van der Waals surface area contributed by atoms with Crippen LogP contribution in [0.25, 0.3) is 0 Å². The van der Waals surface area contributed by atoms with Crippen LogP contribution in [0.4, 0.5) is 0 Å². The first-order chi connectivity index (χ1) is 7.67. The Balaban J connectivity index is 2.72. The van der Waals surface area contributed by atoms with E-state index < -0.39 is 5.97 Å². The molecule has 1 heterocycles. The van der Waals surface area contributed by atoms with Crippen molar-refractivity contribution in [2.75, 3.05) is 19.7 Å². The number of carboxylic acid groups (broad SMARTS) is 1. The smallest absolute Gasteiger partial charge is 0.354 e. The van der Waals surface area contributed by atoms with Crippen molar-refractivity contribution in [3.63, 3.8) is 0 Å². The Kier molecular flexibility index (Phi) is 4.88. The summed E-state index contributed by atoms with van der Waals surface area (Å²) in [6.45, 7) is 3.98. The van der Waals surface area contributed by atoms with Gasteiger partial charge in [0.25, 0.3) is 0 Å². The second-order valence-electron chi connectivity index (χ2n) is 3.41. The van der Waals surface area contributed by atoms with E-state index in [9.17, 15) is 4.79 Å². The molecule has 2 N–H and O–H groups in total. The maximum absolute atomic E-state index is 10.7. The van der Waals surface area contributed by atoms with Gasteiger partial charge in [0.15, 0.2) is 0 Å². The van der Waals surface area contributed by atoms with Crippen LogP contribution in [0.1, 0.15) is 23.1 Å². The van der Waals surface area contributed by atoms with Crippen LogP contribution in [0.5, 0.6) is 0 Å². The summed E-state index contributed by atoms with van der Waals surface area (Å²) >= 11 is 0. The van der Waals surface area contributed by atoms with Crippen molar-refractivity contribution in [3.8, 4) is 0 Å². The first-order valence-corrected chi connectivity index (χ1v) is 5.19. The lowest BCUT2D eigenvalue weighted by molar-refractivity contribution is 0.0689. The molecule has 0 saturated carbocycles. The molecular weight excluding hydrogens is 208 g/mol. The van der Waals surface area contributed by atoms with Crippen molar-refractivity contribution in [2.24, 2.45) is 0 Å². The van der Waals surface area contributed by atoms with E-state index in [1.165, 1.54) is 6.07 Å². The van der Waals surface area contributed by atoms with E-state index in [2.05, 4.69) is 4.98 Å². The minimum atomic E-state index is -1.02. The first-order valence-electron chi connectivity index (χ1n) is 5.19. The molecule has 0 aromatic carbocycles. The summed E-state index contributed by atoms with van der Waals surface area (Å²) in [5.41, 5.74) is 0.757. The fourth-order valence-electron chi connectivity index (χ4n) is 1.41. The molecule has 0 radical (unpaired) electrons. The van der Waals surface area contributed by atoms with E-state index in [1.807, 2.05) is 11.8 Å². The van der Waals surface area contributed by atoms with Gasteiger partial charge in [-0.15, -0.1) is 0 Å². The van der Waals surface area contributed by atoms with Gasteiger partial charge < -0.3 is 10.2 Å². The van der Waals surface area contributed by atoms with Gasteiger partial charge in [-0.25, -0.2) is 9.78 Å². The summed E-state index contributed by atoms with van der Waals surface area (Å²) in [7, 11) is 0. The third-order valence-corrected chi connectivity index (χ3v) is 2.27. The van der Waals surface area contributed by atoms with Crippen LogP contribution in [-0.4, -0.2) is 45.8 Å². The van der Waals surface area contributed by atoms with Crippen LogP contribution in [-0.2, 0) is 6.54 Å². The fraction of sp³-hybridized carbons (Fsp3) is 0.455. The number of nitrogens with zero attached hydrogens (tertiary/aromatic N) is 2. The number of aliphatic hydroxyl groups is 1. The predicted octanol–water partition coefficient (Wildman–Crippen LogP) is 0.594. The van der Waals surface area contributed by atoms with Gasteiger partial charge in [0, 0.05) is 13.1 Å². The van der Waals surface area contributed by atoms with Gasteiger partial charge >= 0.3 is 5.97 Å². The average Bonchev–Trinajstić information content (AvgIpc) is 2.29. The molecule has 0 unspecified atom stereocenters. The largest absolute Gasteiger partial charge is 0.477 e. The van der Waals surface area contributed by atoms with Crippen LogP contribution < -0.4 is 0 Å². The number of carboxylic acids is 1. The highest BCUT2D eigenvalue weighted by molar-refractivity contribution is 5.85. The van der Waals surface area contributed by atoms with Crippen molar-refractivity contribution in [2.45, 2.75) is 13.5 Å². The Morgan fingerprint density at radius 1 is 1.50 bits per heavy atom. The number of hydrogen-bond acceptors (Lipinski definition) is 4. The number of aromatic nitrogens is 1. The summed E-state index contributed by atoms with van der Waals surface area (Å²) in [6, 6.07) is 4.93. The van der Waals surface area contributed by atoms with Crippen molar-refractivity contribution in [3.05, 3.63) is 29.6 Å². The van der Waals surface area contributed by atoms with E-state index in [1.54, 1.807) is 12.1 Å². The maximum Gasteiger partial charge on any atom is 0.354 e. The van der Waals surface area contributed by atoms with Gasteiger partial charge in [-0.2, -0.15) is 0 Å². The molecule has 1 rings (SSSR count). The monoisotopic (exact) mass is 224 g/mol. The molecular formula is C11H16N2O3. The van der Waals surface area contributed by atoms with Crippen LogP contribution >= 0.6 is 0 Å². The molecule has 0 aliphatic heterocycles. The number of hydrogen-bond donors (Lipinski definition) is 2. The zero-order chi connectivity index (χ0) is 12.0. The summed E-state index contributed by atoms with van der Waals surface area (Å²) < 4.78 is 0. The summed E-state index contributed by atoms with van der Waals surface area (Å²) in [5, 5.41) is 17.6. The average molecular weight is 224 g/mol. The van der Waals surface area contributed by atoms with Crippen LogP contribution in [0.3, 0.4) is 0 Å². The van der Waals surface area contributed by atoms with Crippen LogP contribution in [0.15, 0.2) is 18.2 Å². The summed E-state index contributed by atoms with van der Waals surface area (Å²) in [6.07, 6.45) is 0. The van der Waals surface area contributed by atoms with Gasteiger partial charge in [-0.3, -0.25) is 4.90 Å². The molecule has 0 fully saturated rings. The Morgan fingerprint density at radius 3 is 2.81 bits per heavy atom. The maximum atomic E-state index is 10.7. The van der Waals surface area contributed by atoms with Gasteiger partial charge in [0.2, 0.25) is 0 Å². The quantitative estimate of drug-likeness (QED) is 0.740. The second-order valence-corrected chi connectivity index (χ2v) is 3.41. The van der Waals surface area contributed by atoms with E-state index in [0.717, 1.165) is 6.54 Å². The SMILES string of the molecule is CCN(CCO)Cc1cccc(C(=O)O)n1. The van der Waals surface area contributed by atoms with Crippen molar-refractivity contribution < 1.29 is 15.0 Å². The van der Waals surface area contributed by atoms with Crippen LogP contribution in [0.2, 0.25) is 0 Å². The minimum Gasteiger partial charge on any atom is -0.477 e. The molecule has 5 heteroatoms. The number of aliphatic hydroxyl groups excluding tert-OH is 1. The molecule has 0 atom stereocenters. The molecule has 0 saturated heterocycles. The number of carbonyl (C=O) groups is 1. The molecule has 0 amide bonds. The highest BCUT2D eigenvalue weighted by Crippen LogP contribution is 2.03. The predicted molar refractivity (Wildman–Crippen MR) is 59.2 cm³/mol. The number of rotatable bonds is 6. The van der Waals surface area contributed by atoms with E-state index >= 15 is 0 Å². The minimum absolute atomic E-state index is 0.0533. The van der Waals surface area contributed by atoms with E-state index in [4.69, 9.17) is 10.2 Å². The molecule has 1 aromatic rings. The topological polar surface area (TPSA) is 73.7 Å². The van der Waals surface area contributed by atoms with Gasteiger partial charge in [-0.1, -0.05) is 13.0 Å². The summed E-state index contributed by atoms with van der Waals surface area (Å²) in [5.74, 6) is -1.02. The van der Waals surface area contributed by atoms with E-state index in [0.29, 0.717) is 18.8 Å². The standard InChI is InChI=1S/C11H16N2O3/c1-2-13(6-7-14)8-9-4-3-5-10(12-9)11(15)16/h3-5,14H,2,6-8H2,1H3,(H,15,16). The van der Waals surface area contributed by atoms with Crippen molar-refractivity contribution in [1.29, 1.82) is 0 Å². The highest BCUT2D eigenvalue weighted by Gasteiger charge is 2.07. The third kappa shape index (κ3) is 3.60. The molecule has 0 aliphatic carbocycles. The molecule has 1 aromatic heterocycles. The van der Waals surface area contributed by atoms with Crippen molar-refractivity contribution >= 4 is 5.97 Å². The van der Waals surface area contributed by atoms with Gasteiger partial charge in [0.05, 0.1) is 12.3 Å². The number of pyridine rings is 1. The van der Waals surface area contributed by atoms with E-state index in [-0.39, 0.29) is 12.3 Å². The lowest BCUT2D eigenvalue weighted by Gasteiger charge is -2.18. The Labute approximate surface area is 94.4 Å². The molecule has 88 valence electrons. The lowest BCUT2D eigenvalue weighted by atomic mass is 10.3. The fourth-order valence-corrected chi connectivity index (χ4v) is 1.41. The normalized spacial score (nSPS) is 10.7. The number of likely N-dealkylation sites (N-methyl/N-ethyl adjacent to an activating group) is 1. The lowest BCUT2D eigenvalue weighted by Crippen LogP contribution is -2.26. The second kappa shape index (κ2) is 6.19. The Bertz CT molecular complexity index is 355. The molecule has 0 bridgehead atoms. The molecule has 0 spiro atoms. The molecule has 5 nitrogen and oxygen atoms in total.